The van der Waals surface area contributed by atoms with Gasteiger partial charge in [0.05, 0.1) is 23.1 Å². The van der Waals surface area contributed by atoms with Gasteiger partial charge in [-0.3, -0.25) is 0 Å². The highest BCUT2D eigenvalue weighted by Crippen LogP contribution is 2.49. The summed E-state index contributed by atoms with van der Waals surface area (Å²) >= 11 is 11.8. The average molecular weight is 438 g/mol. The third-order valence-corrected chi connectivity index (χ3v) is 5.77. The van der Waals surface area contributed by atoms with Gasteiger partial charge in [0.1, 0.15) is 11.6 Å². The maximum Gasteiger partial charge on any atom is 0.392 e. The summed E-state index contributed by atoms with van der Waals surface area (Å²) in [6.07, 6.45) is -4.96. The summed E-state index contributed by atoms with van der Waals surface area (Å²) < 4.78 is 61.7. The van der Waals surface area contributed by atoms with E-state index in [4.69, 9.17) is 33.7 Å². The summed E-state index contributed by atoms with van der Waals surface area (Å²) in [4.78, 5) is 0. The lowest BCUT2D eigenvalue weighted by molar-refractivity contribution is -0.193. The van der Waals surface area contributed by atoms with E-state index in [0.29, 0.717) is 5.56 Å². The van der Waals surface area contributed by atoms with Crippen LogP contribution < -0.4 is 10.5 Å². The molecule has 0 radical (unpaired) electrons. The first kappa shape index (κ1) is 22.8. The zero-order chi connectivity index (χ0) is 21.1. The Labute approximate surface area is 171 Å². The molecule has 0 aromatic heterocycles. The molecule has 0 bridgehead atoms. The molecule has 0 aliphatic heterocycles. The zero-order valence-electron chi connectivity index (χ0n) is 15.4. The molecule has 2 unspecified atom stereocenters. The van der Waals surface area contributed by atoms with E-state index in [1.165, 1.54) is 38.3 Å². The lowest BCUT2D eigenvalue weighted by Crippen LogP contribution is -2.44. The Morgan fingerprint density at radius 1 is 1.07 bits per heavy atom. The van der Waals surface area contributed by atoms with Gasteiger partial charge in [-0.1, -0.05) is 36.2 Å². The molecule has 2 aromatic rings. The summed E-state index contributed by atoms with van der Waals surface area (Å²) in [6.45, 7) is 1.43. The number of nitrogens with two attached hydrogens (primary N) is 1. The molecule has 0 saturated heterocycles. The summed E-state index contributed by atoms with van der Waals surface area (Å²) in [7, 11) is 1.33. The molecule has 0 aliphatic rings. The molecule has 154 valence electrons. The van der Waals surface area contributed by atoms with Crippen molar-refractivity contribution in [2.24, 2.45) is 11.7 Å². The molecule has 0 fully saturated rings. The van der Waals surface area contributed by atoms with Crippen molar-refractivity contribution in [2.45, 2.75) is 31.4 Å². The molecule has 28 heavy (non-hydrogen) atoms. The Balaban J connectivity index is 2.62. The summed E-state index contributed by atoms with van der Waals surface area (Å²) in [5, 5.41) is 0.425. The Morgan fingerprint density at radius 3 is 2.29 bits per heavy atom. The molecular weight excluding hydrogens is 417 g/mol. The predicted octanol–water partition coefficient (Wildman–Crippen LogP) is 6.17. The van der Waals surface area contributed by atoms with E-state index in [1.54, 1.807) is 0 Å². The van der Waals surface area contributed by atoms with Crippen molar-refractivity contribution >= 4 is 23.2 Å². The number of halogens is 6. The summed E-state index contributed by atoms with van der Waals surface area (Å²) in [5.41, 5.74) is 4.64. The normalized spacial score (nSPS) is 15.2. The Kier molecular flexibility index (Phi) is 7.23. The van der Waals surface area contributed by atoms with Gasteiger partial charge in [-0.15, -0.1) is 0 Å². The van der Waals surface area contributed by atoms with Crippen molar-refractivity contribution in [1.82, 2.24) is 0 Å². The highest BCUT2D eigenvalue weighted by Gasteiger charge is 2.52. The van der Waals surface area contributed by atoms with Gasteiger partial charge in [-0.2, -0.15) is 13.2 Å². The fraction of sp³-hybridized carbons (Fsp3) is 0.400. The first-order valence-electron chi connectivity index (χ1n) is 8.57. The van der Waals surface area contributed by atoms with E-state index < -0.39 is 23.3 Å². The van der Waals surface area contributed by atoms with Crippen molar-refractivity contribution in [1.29, 1.82) is 0 Å². The smallest absolute Gasteiger partial charge is 0.392 e. The first-order chi connectivity index (χ1) is 13.0. The van der Waals surface area contributed by atoms with Crippen LogP contribution in [0.1, 0.15) is 24.5 Å². The maximum atomic E-state index is 14.2. The Morgan fingerprint density at radius 2 is 1.75 bits per heavy atom. The quantitative estimate of drug-likeness (QED) is 0.525. The number of benzene rings is 2. The molecule has 2 nitrogen and oxygen atoms in total. The van der Waals surface area contributed by atoms with Gasteiger partial charge >= 0.3 is 6.18 Å². The van der Waals surface area contributed by atoms with Crippen molar-refractivity contribution in [3.63, 3.8) is 0 Å². The molecule has 2 aromatic carbocycles. The van der Waals surface area contributed by atoms with Crippen LogP contribution in [0.15, 0.2) is 36.4 Å². The van der Waals surface area contributed by atoms with Crippen LogP contribution in [0.4, 0.5) is 17.6 Å². The molecule has 0 heterocycles. The highest BCUT2D eigenvalue weighted by molar-refractivity contribution is 6.42. The van der Waals surface area contributed by atoms with E-state index in [0.717, 1.165) is 12.1 Å². The van der Waals surface area contributed by atoms with E-state index in [9.17, 15) is 17.6 Å². The number of ether oxygens (including phenoxy) is 1. The van der Waals surface area contributed by atoms with E-state index in [2.05, 4.69) is 0 Å². The van der Waals surface area contributed by atoms with Crippen molar-refractivity contribution < 1.29 is 22.3 Å². The van der Waals surface area contributed by atoms with Crippen LogP contribution >= 0.6 is 23.2 Å². The van der Waals surface area contributed by atoms with Gasteiger partial charge in [0.15, 0.2) is 0 Å². The number of methoxy groups -OCH3 is 1. The van der Waals surface area contributed by atoms with Gasteiger partial charge in [-0.05, 0) is 55.3 Å². The molecular formula is C20H21Cl2F4NO. The molecule has 2 N–H and O–H groups in total. The van der Waals surface area contributed by atoms with Gasteiger partial charge < -0.3 is 10.5 Å². The van der Waals surface area contributed by atoms with Crippen LogP contribution in [0.3, 0.4) is 0 Å². The number of hydrogen-bond donors (Lipinski definition) is 1. The van der Waals surface area contributed by atoms with Crippen LogP contribution in [-0.4, -0.2) is 19.8 Å². The SMILES string of the molecule is COc1ccc(F)cc1C(C)(CCN)C(Cc1ccc(Cl)c(Cl)c1)C(F)(F)F. The van der Waals surface area contributed by atoms with E-state index in [-0.39, 0.29) is 40.7 Å². The highest BCUT2D eigenvalue weighted by atomic mass is 35.5. The molecule has 0 saturated carbocycles. The van der Waals surface area contributed by atoms with Crippen LogP contribution in [0, 0.1) is 11.7 Å². The monoisotopic (exact) mass is 437 g/mol. The first-order valence-corrected chi connectivity index (χ1v) is 9.33. The van der Waals surface area contributed by atoms with Crippen molar-refractivity contribution in [2.75, 3.05) is 13.7 Å². The number of alkyl halides is 3. The van der Waals surface area contributed by atoms with Crippen LogP contribution in [0.2, 0.25) is 10.0 Å². The minimum absolute atomic E-state index is 0.00980. The average Bonchev–Trinajstić information content (AvgIpc) is 2.61. The largest absolute Gasteiger partial charge is 0.496 e. The third-order valence-electron chi connectivity index (χ3n) is 5.03. The second-order valence-corrected chi connectivity index (χ2v) is 7.66. The maximum absolute atomic E-state index is 14.2. The standard InChI is InChI=1S/C20H21Cl2F4NO/c1-19(7-8-27,14-11-13(23)4-6-17(14)28-2)18(20(24,25)26)10-12-3-5-15(21)16(22)9-12/h3-6,9,11,18H,7-8,10,27H2,1-2H3. The molecule has 0 aliphatic carbocycles. The summed E-state index contributed by atoms with van der Waals surface area (Å²) in [5.74, 6) is -2.31. The lowest BCUT2D eigenvalue weighted by Gasteiger charge is -2.40. The minimum Gasteiger partial charge on any atom is -0.496 e. The van der Waals surface area contributed by atoms with Gasteiger partial charge in [-0.25, -0.2) is 4.39 Å². The van der Waals surface area contributed by atoms with Crippen LogP contribution in [0.5, 0.6) is 5.75 Å². The van der Waals surface area contributed by atoms with Crippen molar-refractivity contribution in [3.05, 3.63) is 63.4 Å². The Bertz CT molecular complexity index is 828. The van der Waals surface area contributed by atoms with Gasteiger partial charge in [0.2, 0.25) is 0 Å². The molecule has 2 rings (SSSR count). The third kappa shape index (κ3) is 4.91. The minimum atomic E-state index is -4.58. The van der Waals surface area contributed by atoms with Gasteiger partial charge in [0.25, 0.3) is 0 Å². The molecule has 0 spiro atoms. The molecule has 0 amide bonds. The van der Waals surface area contributed by atoms with E-state index >= 15 is 0 Å². The predicted molar refractivity (Wildman–Crippen MR) is 104 cm³/mol. The molecule has 2 atom stereocenters. The van der Waals surface area contributed by atoms with Gasteiger partial charge in [0, 0.05) is 11.0 Å². The topological polar surface area (TPSA) is 35.2 Å². The molecule has 8 heteroatoms. The zero-order valence-corrected chi connectivity index (χ0v) is 16.9. The summed E-state index contributed by atoms with van der Waals surface area (Å²) in [6, 6.07) is 7.92. The fourth-order valence-corrected chi connectivity index (χ4v) is 3.85. The number of hydrogen-bond acceptors (Lipinski definition) is 2. The second kappa shape index (κ2) is 8.89. The Hall–Kier alpha value is -1.50. The van der Waals surface area contributed by atoms with Crippen LogP contribution in [0.25, 0.3) is 0 Å². The number of rotatable bonds is 7. The second-order valence-electron chi connectivity index (χ2n) is 6.85. The van der Waals surface area contributed by atoms with Crippen LogP contribution in [-0.2, 0) is 11.8 Å². The lowest BCUT2D eigenvalue weighted by atomic mass is 9.66. The van der Waals surface area contributed by atoms with Crippen molar-refractivity contribution in [3.8, 4) is 5.75 Å². The fourth-order valence-electron chi connectivity index (χ4n) is 3.53. The van der Waals surface area contributed by atoms with E-state index in [1.807, 2.05) is 0 Å².